The number of aliphatic hydroxyl groups is 2. The molecule has 18 atom stereocenters. The van der Waals surface area contributed by atoms with Crippen LogP contribution in [0.4, 0.5) is 0 Å². The van der Waals surface area contributed by atoms with E-state index in [9.17, 15) is 19.8 Å². The lowest BCUT2D eigenvalue weighted by atomic mass is 9.62. The number of pyridine rings is 1. The van der Waals surface area contributed by atoms with Crippen molar-refractivity contribution in [1.29, 1.82) is 0 Å². The fourth-order valence-corrected chi connectivity index (χ4v) is 12.1. The monoisotopic (exact) mass is 966 g/mol. The minimum absolute atomic E-state index is 0.0440. The predicted octanol–water partition coefficient (Wildman–Crippen LogP) is 4.51. The fourth-order valence-electron chi connectivity index (χ4n) is 12.1. The highest BCUT2D eigenvalue weighted by atomic mass is 16.7. The number of aliphatic hydroxyl groups excluding tert-OH is 2. The standard InChI is InChI=1S/C52H75N3O14/c1-14-36-52(9)42-38(47(61)69-52)55(12)27-49(42,6)43(58)28(2)24-51(8,63-21-17-18-32-23-33-19-15-16-20-34(33)53-26-32)45(68-48-40(57)35(54(10)11)22-29(3)64-48)41(39(56)30(4)46(60)66-36)67-37-25-50(7,62-13)44(59)31(5)65-37/h15-20,23,26,28-31,35-38,40-42,44-45,48,57,59H,14,21-22,24-25,27H2,1-13H3/b18-17+/t28-,29-,30-,31+,35+,36-,37?,38?,40-,41+,42?,44?,45-,48+,49?,50-,51+,52-/m1/s1. The Morgan fingerprint density at radius 3 is 2.35 bits per heavy atom. The summed E-state index contributed by atoms with van der Waals surface area (Å²) in [6.07, 6.45) is -4.42. The molecular formula is C52H75N3O14. The van der Waals surface area contributed by atoms with E-state index in [-0.39, 0.29) is 38.2 Å². The average Bonchev–Trinajstić information content (AvgIpc) is 3.76. The number of likely N-dealkylation sites (tertiary alicyclic amines) is 1. The first kappa shape index (κ1) is 53.1. The number of methoxy groups -OCH3 is 1. The third-order valence-corrected chi connectivity index (χ3v) is 15.9. The van der Waals surface area contributed by atoms with Gasteiger partial charge in [0.15, 0.2) is 24.0 Å². The van der Waals surface area contributed by atoms with Crippen LogP contribution in [0.2, 0.25) is 0 Å². The number of aromatic nitrogens is 1. The van der Waals surface area contributed by atoms with Crippen molar-refractivity contribution in [3.63, 3.8) is 0 Å². The largest absolute Gasteiger partial charge is 0.458 e. The molecule has 0 aliphatic carbocycles. The molecule has 7 rings (SSSR count). The molecule has 69 heavy (non-hydrogen) atoms. The molecule has 5 unspecified atom stereocenters. The molecule has 1 aromatic carbocycles. The maximum atomic E-state index is 15.6. The van der Waals surface area contributed by atoms with Gasteiger partial charge in [-0.1, -0.05) is 51.1 Å². The van der Waals surface area contributed by atoms with E-state index in [4.69, 9.17) is 37.9 Å². The SMILES string of the molecule is CC[C@H]1OC(=O)[C@H](C)C(=O)[C@H](OC2C[C@@](C)(OC)C(O)[C@H](C)O2)[C@@H](O[C@@H]2O[C@H](C)C[C@H](N(C)C)[C@H]2O)[C@@](C)(OC/C=C/c2cnc3ccccc3c2)C[C@@H](C)C(=O)C2(C)CN(C)C3C(=O)O[C@@]1(C)C32. The van der Waals surface area contributed by atoms with Gasteiger partial charge in [0, 0.05) is 55.0 Å². The number of nitrogens with zero attached hydrogens (tertiary/aromatic N) is 3. The van der Waals surface area contributed by atoms with Crippen molar-refractivity contribution in [2.75, 3.05) is 41.4 Å². The zero-order chi connectivity index (χ0) is 50.5. The second-order valence-electron chi connectivity index (χ2n) is 21.4. The summed E-state index contributed by atoms with van der Waals surface area (Å²) in [4.78, 5) is 67.9. The molecule has 5 saturated heterocycles. The van der Waals surface area contributed by atoms with Gasteiger partial charge in [0.05, 0.1) is 35.5 Å². The molecule has 17 nitrogen and oxygen atoms in total. The Hall–Kier alpha value is -3.75. The minimum Gasteiger partial charge on any atom is -0.458 e. The van der Waals surface area contributed by atoms with Crippen LogP contribution in [0.5, 0.6) is 0 Å². The number of hydrogen-bond acceptors (Lipinski definition) is 17. The number of esters is 2. The van der Waals surface area contributed by atoms with Gasteiger partial charge in [0.2, 0.25) is 0 Å². The molecule has 5 fully saturated rings. The summed E-state index contributed by atoms with van der Waals surface area (Å²) in [7, 11) is 6.94. The molecule has 0 saturated carbocycles. The number of benzene rings is 1. The van der Waals surface area contributed by atoms with Gasteiger partial charge >= 0.3 is 11.9 Å². The van der Waals surface area contributed by atoms with Crippen molar-refractivity contribution in [3.05, 3.63) is 48.2 Å². The minimum atomic E-state index is -1.72. The quantitative estimate of drug-likeness (QED) is 0.235. The van der Waals surface area contributed by atoms with E-state index in [0.717, 1.165) is 16.5 Å². The highest BCUT2D eigenvalue weighted by molar-refractivity contribution is 6.01. The fraction of sp³-hybridized carbons (Fsp3) is 0.712. The van der Waals surface area contributed by atoms with Crippen LogP contribution in [0.15, 0.2) is 42.6 Å². The van der Waals surface area contributed by atoms with E-state index < -0.39 is 125 Å². The van der Waals surface area contributed by atoms with Crippen molar-refractivity contribution < 1.29 is 67.3 Å². The number of fused-ring (bicyclic) bond motifs is 1. The molecule has 0 amide bonds. The Labute approximate surface area is 406 Å². The first-order valence-corrected chi connectivity index (χ1v) is 24.5. The van der Waals surface area contributed by atoms with Crippen molar-refractivity contribution in [2.45, 2.75) is 172 Å². The van der Waals surface area contributed by atoms with Gasteiger partial charge in [0.25, 0.3) is 0 Å². The Balaban J connectivity index is 1.39. The van der Waals surface area contributed by atoms with Gasteiger partial charge < -0.3 is 53.0 Å². The van der Waals surface area contributed by atoms with Gasteiger partial charge in [0.1, 0.15) is 48.3 Å². The molecule has 382 valence electrons. The Bertz CT molecular complexity index is 2240. The number of likely N-dealkylation sites (N-methyl/N-ethyl adjacent to an activating group) is 2. The highest BCUT2D eigenvalue weighted by Crippen LogP contribution is 2.56. The van der Waals surface area contributed by atoms with Crippen LogP contribution < -0.4 is 0 Å². The van der Waals surface area contributed by atoms with Gasteiger partial charge in [-0.3, -0.25) is 29.1 Å². The second kappa shape index (κ2) is 20.4. The van der Waals surface area contributed by atoms with E-state index in [2.05, 4.69) is 4.98 Å². The van der Waals surface area contributed by atoms with Gasteiger partial charge in [-0.15, -0.1) is 0 Å². The summed E-state index contributed by atoms with van der Waals surface area (Å²) in [6, 6.07) is 8.53. The zero-order valence-corrected chi connectivity index (χ0v) is 42.6. The Morgan fingerprint density at radius 1 is 0.957 bits per heavy atom. The van der Waals surface area contributed by atoms with Crippen molar-refractivity contribution in [1.82, 2.24) is 14.8 Å². The number of carbonyl (C=O) groups is 4. The summed E-state index contributed by atoms with van der Waals surface area (Å²) in [5, 5.41) is 24.2. The normalized spacial score (nSPS) is 42.7. The average molecular weight is 966 g/mol. The van der Waals surface area contributed by atoms with E-state index >= 15 is 9.59 Å². The lowest BCUT2D eigenvalue weighted by Gasteiger charge is -2.49. The molecule has 0 spiro atoms. The van der Waals surface area contributed by atoms with Crippen LogP contribution in [0.1, 0.15) is 93.6 Å². The third-order valence-electron chi connectivity index (χ3n) is 15.9. The molecule has 2 aromatic rings. The molecule has 0 bridgehead atoms. The molecule has 2 N–H and O–H groups in total. The molecule has 5 aliphatic rings. The van der Waals surface area contributed by atoms with Crippen molar-refractivity contribution in [3.8, 4) is 0 Å². The molecule has 17 heteroatoms. The van der Waals surface area contributed by atoms with E-state index in [0.29, 0.717) is 6.42 Å². The number of hydrogen-bond donors (Lipinski definition) is 2. The van der Waals surface area contributed by atoms with Gasteiger partial charge in [-0.25, -0.2) is 0 Å². The maximum absolute atomic E-state index is 15.6. The van der Waals surface area contributed by atoms with Crippen LogP contribution in [-0.4, -0.2) is 174 Å². The maximum Gasteiger partial charge on any atom is 0.324 e. The number of ether oxygens (including phenoxy) is 8. The summed E-state index contributed by atoms with van der Waals surface area (Å²) < 4.78 is 51.8. The van der Waals surface area contributed by atoms with E-state index in [1.165, 1.54) is 14.0 Å². The van der Waals surface area contributed by atoms with Gasteiger partial charge in [-0.05, 0) is 99.6 Å². The number of cyclic esters (lactones) is 1. The topological polar surface area (TPSA) is 202 Å². The molecule has 5 aliphatic heterocycles. The third kappa shape index (κ3) is 10.1. The van der Waals surface area contributed by atoms with Crippen molar-refractivity contribution in [2.24, 2.45) is 23.2 Å². The first-order chi connectivity index (χ1) is 32.4. The second-order valence-corrected chi connectivity index (χ2v) is 21.4. The predicted molar refractivity (Wildman–Crippen MR) is 253 cm³/mol. The lowest BCUT2D eigenvalue weighted by Crippen LogP contribution is -2.63. The zero-order valence-electron chi connectivity index (χ0n) is 42.6. The molecular weight excluding hydrogens is 891 g/mol. The molecule has 6 heterocycles. The highest BCUT2D eigenvalue weighted by Gasteiger charge is 2.71. The van der Waals surface area contributed by atoms with E-state index in [1.54, 1.807) is 60.9 Å². The lowest BCUT2D eigenvalue weighted by molar-refractivity contribution is -0.328. The van der Waals surface area contributed by atoms with E-state index in [1.807, 2.05) is 74.2 Å². The van der Waals surface area contributed by atoms with Crippen LogP contribution >= 0.6 is 0 Å². The summed E-state index contributed by atoms with van der Waals surface area (Å²) in [5.41, 5.74) is -3.84. The van der Waals surface area contributed by atoms with Crippen LogP contribution in [0.3, 0.4) is 0 Å². The Morgan fingerprint density at radius 2 is 1.67 bits per heavy atom. The number of ketones is 2. The van der Waals surface area contributed by atoms with Crippen LogP contribution in [0, 0.1) is 23.2 Å². The number of para-hydroxylation sites is 1. The smallest absolute Gasteiger partial charge is 0.324 e. The van der Waals surface area contributed by atoms with Crippen LogP contribution in [0.25, 0.3) is 17.0 Å². The molecule has 0 radical (unpaired) electrons. The summed E-state index contributed by atoms with van der Waals surface area (Å²) >= 11 is 0. The Kier molecular flexibility index (Phi) is 15.7. The van der Waals surface area contributed by atoms with Crippen molar-refractivity contribution >= 4 is 40.5 Å². The number of Topliss-reactive ketones (excluding diaryl/α,β-unsaturated/α-hetero) is 2. The molecule has 1 aromatic heterocycles. The van der Waals surface area contributed by atoms with Crippen LogP contribution in [-0.2, 0) is 57.1 Å². The summed E-state index contributed by atoms with van der Waals surface area (Å²) in [5.74, 6) is -5.47. The van der Waals surface area contributed by atoms with Gasteiger partial charge in [-0.2, -0.15) is 0 Å². The number of rotatable bonds is 11. The summed E-state index contributed by atoms with van der Waals surface area (Å²) in [6.45, 7) is 15.7. The number of carbonyl (C=O) groups excluding carboxylic acids is 4. The first-order valence-electron chi connectivity index (χ1n) is 24.5.